The molecule has 0 bridgehead atoms. The highest BCUT2D eigenvalue weighted by Gasteiger charge is 2.11. The van der Waals surface area contributed by atoms with Crippen LogP contribution in [0.1, 0.15) is 11.1 Å². The predicted molar refractivity (Wildman–Crippen MR) is 85.9 cm³/mol. The Morgan fingerprint density at radius 3 is 2.25 bits per heavy atom. The number of benzene rings is 1. The molecule has 0 saturated heterocycles. The van der Waals surface area contributed by atoms with Crippen LogP contribution in [-0.2, 0) is 6.42 Å². The highest BCUT2D eigenvalue weighted by Crippen LogP contribution is 2.32. The molecule has 106 valence electrons. The van der Waals surface area contributed by atoms with E-state index in [2.05, 4.69) is 32.6 Å². The average Bonchev–Trinajstić information content (AvgIpc) is 2.43. The summed E-state index contributed by atoms with van der Waals surface area (Å²) < 4.78 is 11.6. The number of rotatable bonds is 4. The molecule has 0 atom stereocenters. The second kappa shape index (κ2) is 6.12. The number of hydrogen-bond donors (Lipinski definition) is 2. The van der Waals surface area contributed by atoms with Crippen LogP contribution < -0.4 is 20.9 Å². The third-order valence-corrected chi connectivity index (χ3v) is 3.88. The molecule has 0 aliphatic rings. The van der Waals surface area contributed by atoms with Crippen molar-refractivity contribution in [1.29, 1.82) is 0 Å². The Bertz CT molecular complexity index is 609. The number of nitrogen functional groups attached to an aromatic ring is 2. The second-order valence-electron chi connectivity index (χ2n) is 4.13. The molecule has 0 spiro atoms. The molecule has 0 saturated carbocycles. The van der Waals surface area contributed by atoms with Crippen molar-refractivity contribution in [3.8, 4) is 11.5 Å². The minimum Gasteiger partial charge on any atom is -0.495 e. The highest BCUT2D eigenvalue weighted by molar-refractivity contribution is 14.1. The highest BCUT2D eigenvalue weighted by atomic mass is 127. The van der Waals surface area contributed by atoms with Gasteiger partial charge in [0.05, 0.1) is 17.8 Å². The smallest absolute Gasteiger partial charge is 0.221 e. The molecule has 0 radical (unpaired) electrons. The SMILES string of the molecule is COc1cc(Cc2cnc(N)nc2N)cc(OC)c1I. The Balaban J connectivity index is 2.38. The number of nitrogens with two attached hydrogens (primary N) is 2. The number of methoxy groups -OCH3 is 2. The van der Waals surface area contributed by atoms with Gasteiger partial charge in [0.25, 0.3) is 0 Å². The Kier molecular flexibility index (Phi) is 4.48. The molecular formula is C13H15IN4O2. The van der Waals surface area contributed by atoms with E-state index in [4.69, 9.17) is 20.9 Å². The molecule has 20 heavy (non-hydrogen) atoms. The van der Waals surface area contributed by atoms with E-state index < -0.39 is 0 Å². The number of anilines is 2. The van der Waals surface area contributed by atoms with Gasteiger partial charge in [-0.15, -0.1) is 0 Å². The molecule has 0 fully saturated rings. The maximum atomic E-state index is 5.85. The fourth-order valence-electron chi connectivity index (χ4n) is 1.82. The molecule has 0 amide bonds. The first kappa shape index (κ1) is 14.6. The van der Waals surface area contributed by atoms with Gasteiger partial charge in [-0.2, -0.15) is 4.98 Å². The summed E-state index contributed by atoms with van der Waals surface area (Å²) in [6, 6.07) is 3.89. The lowest BCUT2D eigenvalue weighted by molar-refractivity contribution is 0.388. The Morgan fingerprint density at radius 2 is 1.75 bits per heavy atom. The standard InChI is InChI=1S/C13H15IN4O2/c1-19-9-4-7(5-10(20-2)11(9)14)3-8-6-17-13(16)18-12(8)15/h4-6H,3H2,1-2H3,(H4,15,16,17,18). The van der Waals surface area contributed by atoms with Crippen molar-refractivity contribution >= 4 is 34.4 Å². The molecule has 7 heteroatoms. The zero-order valence-corrected chi connectivity index (χ0v) is 13.3. The van der Waals surface area contributed by atoms with Crippen LogP contribution in [-0.4, -0.2) is 24.2 Å². The van der Waals surface area contributed by atoms with Gasteiger partial charge in [0.1, 0.15) is 17.3 Å². The van der Waals surface area contributed by atoms with Gasteiger partial charge in [0.2, 0.25) is 5.95 Å². The van der Waals surface area contributed by atoms with Crippen molar-refractivity contribution in [1.82, 2.24) is 9.97 Å². The van der Waals surface area contributed by atoms with Crippen molar-refractivity contribution < 1.29 is 9.47 Å². The minimum atomic E-state index is 0.170. The van der Waals surface area contributed by atoms with Gasteiger partial charge in [0, 0.05) is 18.2 Å². The van der Waals surface area contributed by atoms with Crippen LogP contribution in [0.25, 0.3) is 0 Å². The van der Waals surface area contributed by atoms with Gasteiger partial charge in [-0.05, 0) is 40.3 Å². The number of halogens is 1. The largest absolute Gasteiger partial charge is 0.495 e. The summed E-state index contributed by atoms with van der Waals surface area (Å²) >= 11 is 2.18. The molecule has 6 nitrogen and oxygen atoms in total. The Labute approximate surface area is 130 Å². The molecule has 1 heterocycles. The van der Waals surface area contributed by atoms with E-state index in [0.717, 1.165) is 26.2 Å². The third-order valence-electron chi connectivity index (χ3n) is 2.82. The predicted octanol–water partition coefficient (Wildman–Crippen LogP) is 1.85. The van der Waals surface area contributed by atoms with Crippen LogP contribution in [0.2, 0.25) is 0 Å². The van der Waals surface area contributed by atoms with Crippen LogP contribution >= 0.6 is 22.6 Å². The van der Waals surface area contributed by atoms with Crippen molar-refractivity contribution in [2.75, 3.05) is 25.7 Å². The van der Waals surface area contributed by atoms with Crippen molar-refractivity contribution in [2.24, 2.45) is 0 Å². The first-order valence-electron chi connectivity index (χ1n) is 5.82. The first-order chi connectivity index (χ1) is 9.55. The van der Waals surface area contributed by atoms with Crippen LogP contribution in [0, 0.1) is 3.57 Å². The van der Waals surface area contributed by atoms with E-state index in [1.165, 1.54) is 0 Å². The zero-order valence-electron chi connectivity index (χ0n) is 11.2. The summed E-state index contributed by atoms with van der Waals surface area (Å²) in [6.07, 6.45) is 2.21. The van der Waals surface area contributed by atoms with Gasteiger partial charge in [0.15, 0.2) is 0 Å². The van der Waals surface area contributed by atoms with Gasteiger partial charge >= 0.3 is 0 Å². The quantitative estimate of drug-likeness (QED) is 0.779. The summed E-state index contributed by atoms with van der Waals surface area (Å²) in [6.45, 7) is 0. The summed E-state index contributed by atoms with van der Waals surface area (Å²) in [4.78, 5) is 7.91. The van der Waals surface area contributed by atoms with Gasteiger partial charge in [-0.25, -0.2) is 4.98 Å². The Hall–Kier alpha value is -1.77. The van der Waals surface area contributed by atoms with Crippen molar-refractivity contribution in [3.63, 3.8) is 0 Å². The van der Waals surface area contributed by atoms with Crippen LogP contribution in [0.3, 0.4) is 0 Å². The van der Waals surface area contributed by atoms with E-state index in [0.29, 0.717) is 12.2 Å². The maximum absolute atomic E-state index is 5.85. The lowest BCUT2D eigenvalue weighted by atomic mass is 10.1. The van der Waals surface area contributed by atoms with Crippen LogP contribution in [0.5, 0.6) is 11.5 Å². The van der Waals surface area contributed by atoms with Crippen molar-refractivity contribution in [3.05, 3.63) is 33.0 Å². The normalized spacial score (nSPS) is 10.3. The molecule has 0 aliphatic carbocycles. The number of hydrogen-bond acceptors (Lipinski definition) is 6. The molecule has 0 unspecified atom stereocenters. The molecule has 2 aromatic rings. The summed E-state index contributed by atoms with van der Waals surface area (Å²) in [5.41, 5.74) is 13.1. The first-order valence-corrected chi connectivity index (χ1v) is 6.90. The monoisotopic (exact) mass is 386 g/mol. The minimum absolute atomic E-state index is 0.170. The van der Waals surface area contributed by atoms with E-state index >= 15 is 0 Å². The Morgan fingerprint density at radius 1 is 1.15 bits per heavy atom. The summed E-state index contributed by atoms with van der Waals surface area (Å²) in [5.74, 6) is 2.07. The molecule has 4 N–H and O–H groups in total. The van der Waals surface area contributed by atoms with Gasteiger partial charge < -0.3 is 20.9 Å². The topological polar surface area (TPSA) is 96.3 Å². The lowest BCUT2D eigenvalue weighted by Crippen LogP contribution is -2.04. The van der Waals surface area contributed by atoms with Crippen LogP contribution in [0.4, 0.5) is 11.8 Å². The second-order valence-corrected chi connectivity index (χ2v) is 5.21. The molecule has 1 aromatic carbocycles. The third kappa shape index (κ3) is 3.03. The number of aromatic nitrogens is 2. The lowest BCUT2D eigenvalue weighted by Gasteiger charge is -2.12. The zero-order chi connectivity index (χ0) is 14.7. The van der Waals surface area contributed by atoms with E-state index in [1.54, 1.807) is 20.4 Å². The van der Waals surface area contributed by atoms with E-state index in [9.17, 15) is 0 Å². The average molecular weight is 386 g/mol. The number of nitrogens with zero attached hydrogens (tertiary/aromatic N) is 2. The van der Waals surface area contributed by atoms with Crippen molar-refractivity contribution in [2.45, 2.75) is 6.42 Å². The molecule has 0 aliphatic heterocycles. The molecule has 1 aromatic heterocycles. The summed E-state index contributed by atoms with van der Waals surface area (Å²) in [5, 5.41) is 0. The van der Waals surface area contributed by atoms with Gasteiger partial charge in [-0.3, -0.25) is 0 Å². The molecular weight excluding hydrogens is 371 g/mol. The van der Waals surface area contributed by atoms with E-state index in [1.807, 2.05) is 12.1 Å². The maximum Gasteiger partial charge on any atom is 0.221 e. The fraction of sp³-hybridized carbons (Fsp3) is 0.231. The van der Waals surface area contributed by atoms with E-state index in [-0.39, 0.29) is 5.95 Å². The van der Waals surface area contributed by atoms with Crippen LogP contribution in [0.15, 0.2) is 18.3 Å². The summed E-state index contributed by atoms with van der Waals surface area (Å²) in [7, 11) is 3.25. The number of ether oxygens (including phenoxy) is 2. The fourth-order valence-corrected chi connectivity index (χ4v) is 2.57. The molecule has 2 rings (SSSR count). The van der Waals surface area contributed by atoms with Gasteiger partial charge in [-0.1, -0.05) is 0 Å².